The maximum Gasteiger partial charge on any atom is 0.269 e. The van der Waals surface area contributed by atoms with Crippen LogP contribution in [0.5, 0.6) is 0 Å². The highest BCUT2D eigenvalue weighted by Crippen LogP contribution is 2.24. The van der Waals surface area contributed by atoms with E-state index in [4.69, 9.17) is 16.3 Å². The van der Waals surface area contributed by atoms with Gasteiger partial charge in [0.25, 0.3) is 11.6 Å². The Morgan fingerprint density at radius 2 is 1.83 bits per heavy atom. The molecule has 24 heavy (non-hydrogen) atoms. The predicted molar refractivity (Wildman–Crippen MR) is 91.3 cm³/mol. The van der Waals surface area contributed by atoms with Crippen molar-refractivity contribution in [3.8, 4) is 0 Å². The number of carbonyl (C=O) groups excluding carboxylic acids is 1. The highest BCUT2D eigenvalue weighted by Gasteiger charge is 2.21. The van der Waals surface area contributed by atoms with Crippen LogP contribution in [0.15, 0.2) is 54.6 Å². The lowest BCUT2D eigenvalue weighted by molar-refractivity contribution is -0.384. The van der Waals surface area contributed by atoms with Crippen molar-refractivity contribution in [2.75, 3.05) is 13.7 Å². The number of methoxy groups -OCH3 is 1. The first kappa shape index (κ1) is 17.9. The quantitative estimate of drug-likeness (QED) is 0.473. The van der Waals surface area contributed by atoms with Crippen LogP contribution in [0.2, 0.25) is 0 Å². The summed E-state index contributed by atoms with van der Waals surface area (Å²) in [4.78, 5) is 22.2. The van der Waals surface area contributed by atoms with Gasteiger partial charge in [-0.25, -0.2) is 0 Å². The van der Waals surface area contributed by atoms with Crippen molar-refractivity contribution in [2.45, 2.75) is 11.5 Å². The fourth-order valence-corrected chi connectivity index (χ4v) is 2.59. The lowest BCUT2D eigenvalue weighted by Crippen LogP contribution is -2.33. The summed E-state index contributed by atoms with van der Waals surface area (Å²) in [7, 11) is 1.56. The number of benzene rings is 2. The molecule has 0 radical (unpaired) electrons. The van der Waals surface area contributed by atoms with E-state index in [-0.39, 0.29) is 24.2 Å². The van der Waals surface area contributed by atoms with E-state index in [1.165, 1.54) is 24.3 Å². The van der Waals surface area contributed by atoms with Gasteiger partial charge in [-0.1, -0.05) is 30.3 Å². The van der Waals surface area contributed by atoms with Gasteiger partial charge in [-0.3, -0.25) is 14.9 Å². The van der Waals surface area contributed by atoms with Gasteiger partial charge < -0.3 is 10.1 Å². The van der Waals surface area contributed by atoms with E-state index >= 15 is 0 Å². The zero-order valence-electron chi connectivity index (χ0n) is 13.0. The summed E-state index contributed by atoms with van der Waals surface area (Å²) >= 11 is 6.35. The first-order valence-corrected chi connectivity index (χ1v) is 7.71. The summed E-state index contributed by atoms with van der Waals surface area (Å²) in [5, 5.41) is 12.9. The highest BCUT2D eigenvalue weighted by atomic mass is 35.5. The molecule has 126 valence electrons. The molecule has 0 spiro atoms. The first-order chi connectivity index (χ1) is 11.5. The Kier molecular flexibility index (Phi) is 6.28. The van der Waals surface area contributed by atoms with E-state index in [1.807, 2.05) is 30.3 Å². The maximum absolute atomic E-state index is 12.1. The summed E-state index contributed by atoms with van der Waals surface area (Å²) < 4.78 is 5.42. The minimum atomic E-state index is -0.514. The molecule has 0 aliphatic carbocycles. The van der Waals surface area contributed by atoms with Crippen molar-refractivity contribution < 1.29 is 14.5 Å². The topological polar surface area (TPSA) is 81.5 Å². The molecule has 0 aliphatic rings. The average Bonchev–Trinajstić information content (AvgIpc) is 2.61. The van der Waals surface area contributed by atoms with Crippen molar-refractivity contribution in [1.29, 1.82) is 0 Å². The van der Waals surface area contributed by atoms with Crippen LogP contribution in [-0.2, 0) is 4.74 Å². The molecule has 0 saturated heterocycles. The number of non-ortho nitro benzene ring substituents is 1. The van der Waals surface area contributed by atoms with Gasteiger partial charge in [0.2, 0.25) is 0 Å². The minimum Gasteiger partial charge on any atom is -0.375 e. The van der Waals surface area contributed by atoms with E-state index in [9.17, 15) is 14.9 Å². The number of rotatable bonds is 7. The number of alkyl halides is 1. The van der Waals surface area contributed by atoms with Crippen molar-refractivity contribution in [3.63, 3.8) is 0 Å². The number of nitrogens with one attached hydrogen (secondary N) is 1. The van der Waals surface area contributed by atoms with Crippen molar-refractivity contribution in [1.82, 2.24) is 5.32 Å². The van der Waals surface area contributed by atoms with E-state index < -0.39 is 10.3 Å². The fraction of sp³-hybridized carbons (Fsp3) is 0.235. The van der Waals surface area contributed by atoms with Gasteiger partial charge >= 0.3 is 0 Å². The number of ether oxygens (including phenoxy) is 1. The standard InChI is InChI=1S/C17H17ClN2O4/c1-24-16(12-5-3-2-4-6-12)15(18)11-19-17(21)13-7-9-14(10-8-13)20(22)23/h2-10,15-16H,11H2,1H3,(H,19,21)/t15-,16-/m1/s1. The zero-order valence-corrected chi connectivity index (χ0v) is 13.8. The van der Waals surface area contributed by atoms with Crippen molar-refractivity contribution in [2.24, 2.45) is 0 Å². The highest BCUT2D eigenvalue weighted by molar-refractivity contribution is 6.21. The average molecular weight is 349 g/mol. The summed E-state index contributed by atoms with van der Waals surface area (Å²) in [5.74, 6) is -0.349. The third-order valence-electron chi connectivity index (χ3n) is 3.51. The second-order valence-electron chi connectivity index (χ2n) is 5.10. The largest absolute Gasteiger partial charge is 0.375 e. The Balaban J connectivity index is 1.96. The number of nitro benzene ring substituents is 1. The number of hydrogen-bond acceptors (Lipinski definition) is 4. The summed E-state index contributed by atoms with van der Waals surface area (Å²) in [6.45, 7) is 0.199. The Hall–Kier alpha value is -2.44. The SMILES string of the molecule is CO[C@H](c1ccccc1)[C@H](Cl)CNC(=O)c1ccc([N+](=O)[O-])cc1. The van der Waals surface area contributed by atoms with E-state index in [0.29, 0.717) is 5.56 Å². The van der Waals surface area contributed by atoms with E-state index in [1.54, 1.807) is 7.11 Å². The molecule has 2 rings (SSSR count). The lowest BCUT2D eigenvalue weighted by Gasteiger charge is -2.21. The van der Waals surface area contributed by atoms with Gasteiger partial charge in [0, 0.05) is 31.4 Å². The Labute approximate surface area is 144 Å². The van der Waals surface area contributed by atoms with Crippen molar-refractivity contribution >= 4 is 23.2 Å². The second-order valence-corrected chi connectivity index (χ2v) is 5.66. The number of carbonyl (C=O) groups is 1. The summed E-state index contributed by atoms with van der Waals surface area (Å²) in [6, 6.07) is 14.9. The molecule has 0 unspecified atom stereocenters. The molecule has 1 amide bonds. The van der Waals surface area contributed by atoms with Crippen LogP contribution in [0, 0.1) is 10.1 Å². The van der Waals surface area contributed by atoms with Crippen LogP contribution >= 0.6 is 11.6 Å². The van der Waals surface area contributed by atoms with E-state index in [0.717, 1.165) is 5.56 Å². The maximum atomic E-state index is 12.1. The third kappa shape index (κ3) is 4.53. The molecule has 2 atom stereocenters. The molecular formula is C17H17ClN2O4. The molecule has 0 fully saturated rings. The minimum absolute atomic E-state index is 0.0645. The Bertz CT molecular complexity index is 691. The molecule has 0 saturated carbocycles. The molecule has 0 heterocycles. The molecule has 7 heteroatoms. The van der Waals surface area contributed by atoms with Crippen LogP contribution in [0.4, 0.5) is 5.69 Å². The molecule has 0 aliphatic heterocycles. The monoisotopic (exact) mass is 348 g/mol. The number of amides is 1. The van der Waals surface area contributed by atoms with Gasteiger partial charge in [-0.15, -0.1) is 11.6 Å². The van der Waals surface area contributed by atoms with Crippen LogP contribution < -0.4 is 5.32 Å². The predicted octanol–water partition coefficient (Wildman–Crippen LogP) is 3.32. The molecular weight excluding hydrogens is 332 g/mol. The number of hydrogen-bond donors (Lipinski definition) is 1. The smallest absolute Gasteiger partial charge is 0.269 e. The van der Waals surface area contributed by atoms with E-state index in [2.05, 4.69) is 5.32 Å². The van der Waals surface area contributed by atoms with Crippen LogP contribution in [-0.4, -0.2) is 29.9 Å². The molecule has 2 aromatic rings. The van der Waals surface area contributed by atoms with Crippen LogP contribution in [0.25, 0.3) is 0 Å². The second kappa shape index (κ2) is 8.42. The number of halogens is 1. The number of nitrogens with zero attached hydrogens (tertiary/aromatic N) is 1. The van der Waals surface area contributed by atoms with Gasteiger partial charge in [-0.05, 0) is 17.7 Å². The zero-order chi connectivity index (χ0) is 17.5. The lowest BCUT2D eigenvalue weighted by atomic mass is 10.1. The van der Waals surface area contributed by atoms with Gasteiger partial charge in [0.05, 0.1) is 10.3 Å². The molecule has 6 nitrogen and oxygen atoms in total. The summed E-state index contributed by atoms with van der Waals surface area (Å²) in [5.41, 5.74) is 1.19. The Morgan fingerprint density at radius 1 is 1.21 bits per heavy atom. The van der Waals surface area contributed by atoms with Crippen molar-refractivity contribution in [3.05, 3.63) is 75.8 Å². The van der Waals surface area contributed by atoms with Gasteiger partial charge in [0.1, 0.15) is 6.10 Å². The summed E-state index contributed by atoms with van der Waals surface area (Å²) in [6.07, 6.45) is -0.356. The molecule has 0 bridgehead atoms. The molecule has 1 N–H and O–H groups in total. The normalized spacial score (nSPS) is 13.1. The first-order valence-electron chi connectivity index (χ1n) is 7.27. The molecule has 2 aromatic carbocycles. The van der Waals surface area contributed by atoms with Gasteiger partial charge in [0.15, 0.2) is 0 Å². The van der Waals surface area contributed by atoms with Gasteiger partial charge in [-0.2, -0.15) is 0 Å². The van der Waals surface area contributed by atoms with Crippen LogP contribution in [0.1, 0.15) is 22.0 Å². The third-order valence-corrected chi connectivity index (χ3v) is 3.89. The Morgan fingerprint density at radius 3 is 2.38 bits per heavy atom. The number of nitro groups is 1. The fourth-order valence-electron chi connectivity index (χ4n) is 2.27. The molecule has 0 aromatic heterocycles. The van der Waals surface area contributed by atoms with Crippen LogP contribution in [0.3, 0.4) is 0 Å².